The number of nitrogens with zero attached hydrogens (tertiary/aromatic N) is 4. The van der Waals surface area contributed by atoms with Gasteiger partial charge in [0, 0.05) is 55.0 Å². The first kappa shape index (κ1) is 32.2. The Labute approximate surface area is 256 Å². The molecular formula is C34H49N7O2. The van der Waals surface area contributed by atoms with Crippen LogP contribution >= 0.6 is 0 Å². The lowest BCUT2D eigenvalue weighted by atomic mass is 9.99. The fourth-order valence-electron chi connectivity index (χ4n) is 5.38. The monoisotopic (exact) mass is 587 g/mol. The van der Waals surface area contributed by atoms with Gasteiger partial charge in [-0.15, -0.1) is 0 Å². The minimum atomic E-state index is -0.630. The zero-order valence-corrected chi connectivity index (χ0v) is 26.6. The van der Waals surface area contributed by atoms with Gasteiger partial charge in [0.2, 0.25) is 11.8 Å². The molecule has 9 heteroatoms. The van der Waals surface area contributed by atoms with Gasteiger partial charge in [-0.25, -0.2) is 4.98 Å². The zero-order valence-electron chi connectivity index (χ0n) is 26.6. The number of piperazine rings is 1. The first-order chi connectivity index (χ1) is 20.5. The topological polar surface area (TPSA) is 107 Å². The minimum Gasteiger partial charge on any atom is -0.384 e. The summed E-state index contributed by atoms with van der Waals surface area (Å²) in [5.74, 6) is -0.331. The fraction of sp³-hybridized carbons (Fsp3) is 0.500. The average molecular weight is 588 g/mol. The molecule has 4 rings (SSSR count). The van der Waals surface area contributed by atoms with Crippen LogP contribution in [0.15, 0.2) is 54.6 Å². The van der Waals surface area contributed by atoms with Crippen molar-refractivity contribution in [2.24, 2.45) is 17.6 Å². The lowest BCUT2D eigenvalue weighted by Gasteiger charge is -2.38. The van der Waals surface area contributed by atoms with Crippen LogP contribution in [0, 0.1) is 11.8 Å². The fourth-order valence-corrected chi connectivity index (χ4v) is 5.38. The van der Waals surface area contributed by atoms with Crippen LogP contribution in [-0.4, -0.2) is 92.0 Å². The molecule has 1 aliphatic heterocycles. The van der Waals surface area contributed by atoms with Crippen molar-refractivity contribution in [1.82, 2.24) is 20.1 Å². The van der Waals surface area contributed by atoms with Crippen molar-refractivity contribution in [1.29, 1.82) is 0 Å². The smallest absolute Gasteiger partial charge is 0.245 e. The lowest BCUT2D eigenvalue weighted by Crippen LogP contribution is -2.58. The number of rotatable bonds is 12. The highest BCUT2D eigenvalue weighted by Gasteiger charge is 2.32. The molecule has 9 nitrogen and oxygen atoms in total. The van der Waals surface area contributed by atoms with Gasteiger partial charge in [-0.05, 0) is 63.2 Å². The van der Waals surface area contributed by atoms with Gasteiger partial charge >= 0.3 is 0 Å². The first-order valence-electron chi connectivity index (χ1n) is 15.5. The second-order valence-electron chi connectivity index (χ2n) is 12.5. The Hall–Kier alpha value is -3.69. The number of amides is 2. The molecule has 2 heterocycles. The minimum absolute atomic E-state index is 0.00616. The van der Waals surface area contributed by atoms with Gasteiger partial charge < -0.3 is 31.1 Å². The zero-order chi connectivity index (χ0) is 31.1. The van der Waals surface area contributed by atoms with Gasteiger partial charge in [0.15, 0.2) is 0 Å². The molecule has 2 aromatic carbocycles. The molecule has 1 aliphatic rings. The molecule has 2 atom stereocenters. The predicted octanol–water partition coefficient (Wildman–Crippen LogP) is 4.04. The van der Waals surface area contributed by atoms with Crippen molar-refractivity contribution >= 4 is 34.1 Å². The number of hydrogen-bond donors (Lipinski definition) is 3. The molecule has 0 aliphatic carbocycles. The molecule has 1 saturated heterocycles. The number of para-hydroxylation sites is 1. The maximum atomic E-state index is 13.4. The molecule has 2 unspecified atom stereocenters. The second-order valence-corrected chi connectivity index (χ2v) is 12.5. The van der Waals surface area contributed by atoms with Crippen LogP contribution in [0.1, 0.15) is 34.1 Å². The molecule has 43 heavy (non-hydrogen) atoms. The molecule has 2 amide bonds. The van der Waals surface area contributed by atoms with Crippen molar-refractivity contribution in [2.75, 3.05) is 63.6 Å². The molecule has 0 radical (unpaired) electrons. The molecule has 4 N–H and O–H groups in total. The van der Waals surface area contributed by atoms with Gasteiger partial charge in [-0.3, -0.25) is 9.59 Å². The molecule has 232 valence electrons. The molecule has 0 bridgehead atoms. The number of fused-ring (bicyclic) bond motifs is 1. The van der Waals surface area contributed by atoms with Crippen LogP contribution in [0.25, 0.3) is 22.2 Å². The predicted molar refractivity (Wildman–Crippen MR) is 177 cm³/mol. The molecular weight excluding hydrogens is 538 g/mol. The Morgan fingerprint density at radius 2 is 1.63 bits per heavy atom. The number of nitrogens with one attached hydrogen (secondary N) is 2. The second kappa shape index (κ2) is 14.7. The van der Waals surface area contributed by atoms with E-state index in [2.05, 4.69) is 83.1 Å². The number of pyridine rings is 1. The number of benzene rings is 2. The summed E-state index contributed by atoms with van der Waals surface area (Å²) in [5, 5.41) is 7.67. The Bertz CT molecular complexity index is 1360. The summed E-state index contributed by atoms with van der Waals surface area (Å²) in [4.78, 5) is 37.3. The van der Waals surface area contributed by atoms with Crippen LogP contribution in [0.3, 0.4) is 0 Å². The van der Waals surface area contributed by atoms with Crippen LogP contribution < -0.4 is 21.3 Å². The number of carbonyl (C=O) groups is 2. The summed E-state index contributed by atoms with van der Waals surface area (Å²) in [6.45, 7) is 12.3. The summed E-state index contributed by atoms with van der Waals surface area (Å²) < 4.78 is 0. The van der Waals surface area contributed by atoms with Crippen LogP contribution in [0.5, 0.6) is 0 Å². The van der Waals surface area contributed by atoms with E-state index < -0.39 is 12.1 Å². The van der Waals surface area contributed by atoms with Crippen molar-refractivity contribution in [2.45, 2.75) is 46.2 Å². The Kier molecular flexibility index (Phi) is 11.0. The normalized spacial score (nSPS) is 15.3. The highest BCUT2D eigenvalue weighted by atomic mass is 16.2. The summed E-state index contributed by atoms with van der Waals surface area (Å²) >= 11 is 0. The van der Waals surface area contributed by atoms with Gasteiger partial charge in [0.25, 0.3) is 0 Å². The van der Waals surface area contributed by atoms with E-state index in [1.54, 1.807) is 0 Å². The van der Waals surface area contributed by atoms with E-state index in [1.807, 2.05) is 38.7 Å². The number of aromatic nitrogens is 1. The maximum absolute atomic E-state index is 13.4. The molecule has 3 aromatic rings. The summed E-state index contributed by atoms with van der Waals surface area (Å²) in [7, 11) is 4.19. The number of nitrogens with two attached hydrogens (primary N) is 1. The highest BCUT2D eigenvalue weighted by molar-refractivity contribution is 5.94. The van der Waals surface area contributed by atoms with E-state index >= 15 is 0 Å². The number of hydrogen-bond acceptors (Lipinski definition) is 7. The van der Waals surface area contributed by atoms with E-state index in [-0.39, 0.29) is 23.7 Å². The van der Waals surface area contributed by atoms with Crippen molar-refractivity contribution in [3.63, 3.8) is 0 Å². The van der Waals surface area contributed by atoms with Gasteiger partial charge in [0.05, 0.1) is 17.3 Å². The largest absolute Gasteiger partial charge is 0.384 e. The Morgan fingerprint density at radius 1 is 0.953 bits per heavy atom. The summed E-state index contributed by atoms with van der Waals surface area (Å²) in [6.07, 6.45) is 1.06. The van der Waals surface area contributed by atoms with Crippen molar-refractivity contribution in [3.8, 4) is 11.3 Å². The third-order valence-corrected chi connectivity index (χ3v) is 8.18. The van der Waals surface area contributed by atoms with Gasteiger partial charge in [-0.2, -0.15) is 0 Å². The third-order valence-electron chi connectivity index (χ3n) is 8.18. The molecule has 1 aromatic heterocycles. The van der Waals surface area contributed by atoms with E-state index in [4.69, 9.17) is 10.7 Å². The van der Waals surface area contributed by atoms with E-state index in [0.717, 1.165) is 66.1 Å². The maximum Gasteiger partial charge on any atom is 0.245 e. The average Bonchev–Trinajstić information content (AvgIpc) is 3.00. The Balaban J connectivity index is 1.40. The number of anilines is 2. The first-order valence-corrected chi connectivity index (χ1v) is 15.5. The van der Waals surface area contributed by atoms with Crippen molar-refractivity contribution in [3.05, 3.63) is 54.6 Å². The van der Waals surface area contributed by atoms with Gasteiger partial charge in [-0.1, -0.05) is 58.0 Å². The Morgan fingerprint density at radius 3 is 2.26 bits per heavy atom. The summed E-state index contributed by atoms with van der Waals surface area (Å²) in [5.41, 5.74) is 11.2. The van der Waals surface area contributed by atoms with Crippen LogP contribution in [-0.2, 0) is 9.59 Å². The van der Waals surface area contributed by atoms with E-state index in [0.29, 0.717) is 13.1 Å². The summed E-state index contributed by atoms with van der Waals surface area (Å²) in [6, 6.07) is 17.7. The standard InChI is InChI=1S/C34H49N7O2/c1-23(2)31(35)33(42)38-32(24(3)4)34(43)41-20-18-40(19-21-41)26-14-12-25(13-15-26)29-22-30(36-16-9-17-39(5)6)27-10-7-8-11-28(27)37-29/h7-8,10-15,22-24,31-32H,9,16-21,35H2,1-6H3,(H,36,37)(H,38,42). The highest BCUT2D eigenvalue weighted by Crippen LogP contribution is 2.30. The van der Waals surface area contributed by atoms with Crippen molar-refractivity contribution < 1.29 is 9.59 Å². The molecule has 0 saturated carbocycles. The van der Waals surface area contributed by atoms with Crippen LogP contribution in [0.4, 0.5) is 11.4 Å². The van der Waals surface area contributed by atoms with Gasteiger partial charge in [0.1, 0.15) is 6.04 Å². The van der Waals surface area contributed by atoms with E-state index in [9.17, 15) is 9.59 Å². The quantitative estimate of drug-likeness (QED) is 0.275. The SMILES string of the molecule is CC(C)C(N)C(=O)NC(C(=O)N1CCN(c2ccc(-c3cc(NCCCN(C)C)c4ccccc4n3)cc2)CC1)C(C)C. The molecule has 1 fully saturated rings. The van der Waals surface area contributed by atoms with Crippen LogP contribution in [0.2, 0.25) is 0 Å². The third kappa shape index (κ3) is 8.24. The van der Waals surface area contributed by atoms with E-state index in [1.165, 1.54) is 0 Å². The molecule has 0 spiro atoms. The lowest BCUT2D eigenvalue weighted by molar-refractivity contribution is -0.138. The number of carbonyl (C=O) groups excluding carboxylic acids is 2.